The smallest absolute Gasteiger partial charge is 0.304 e. The van der Waals surface area contributed by atoms with E-state index >= 15 is 0 Å². The fraction of sp³-hybridized carbons (Fsp3) is 0.429. The number of nitrogens with one attached hydrogen (secondary N) is 1. The molecule has 0 aliphatic rings. The zero-order chi connectivity index (χ0) is 8.27. The lowest BCUT2D eigenvalue weighted by atomic mass is 10.1. The van der Waals surface area contributed by atoms with Crippen LogP contribution in [0.25, 0.3) is 0 Å². The van der Waals surface area contributed by atoms with Gasteiger partial charge in [0, 0.05) is 18.3 Å². The molecule has 0 aliphatic heterocycles. The second kappa shape index (κ2) is 3.18. The van der Waals surface area contributed by atoms with E-state index in [1.165, 1.54) is 0 Å². The molecule has 0 fully saturated rings. The first-order valence-electron chi connectivity index (χ1n) is 3.41. The number of hydrogen-bond acceptors (Lipinski definition) is 2. The number of carboxylic acids is 1. The van der Waals surface area contributed by atoms with Gasteiger partial charge in [0.05, 0.1) is 6.42 Å². The van der Waals surface area contributed by atoms with Crippen LogP contribution in [0.4, 0.5) is 0 Å². The summed E-state index contributed by atoms with van der Waals surface area (Å²) in [6, 6.07) is 0. The molecule has 0 amide bonds. The third-order valence-corrected chi connectivity index (χ3v) is 1.47. The summed E-state index contributed by atoms with van der Waals surface area (Å²) in [7, 11) is 0. The van der Waals surface area contributed by atoms with Crippen LogP contribution in [0.1, 0.15) is 25.1 Å². The van der Waals surface area contributed by atoms with Gasteiger partial charge in [0.1, 0.15) is 5.82 Å². The lowest BCUT2D eigenvalue weighted by molar-refractivity contribution is -0.137. The van der Waals surface area contributed by atoms with Crippen molar-refractivity contribution >= 4 is 5.97 Å². The highest BCUT2D eigenvalue weighted by molar-refractivity contribution is 5.67. The molecule has 0 saturated heterocycles. The highest BCUT2D eigenvalue weighted by atomic mass is 16.4. The zero-order valence-electron chi connectivity index (χ0n) is 6.24. The number of aromatic nitrogens is 2. The summed E-state index contributed by atoms with van der Waals surface area (Å²) in [4.78, 5) is 17.1. The monoisotopic (exact) mass is 154 g/mol. The molecule has 1 rings (SSSR count). The van der Waals surface area contributed by atoms with Crippen molar-refractivity contribution < 1.29 is 9.90 Å². The maximum atomic E-state index is 10.3. The van der Waals surface area contributed by atoms with Crippen molar-refractivity contribution in [2.24, 2.45) is 0 Å². The molecule has 0 spiro atoms. The summed E-state index contributed by atoms with van der Waals surface area (Å²) < 4.78 is 0. The normalized spacial score (nSPS) is 12.8. The van der Waals surface area contributed by atoms with Crippen LogP contribution in [0.5, 0.6) is 0 Å². The van der Waals surface area contributed by atoms with Crippen molar-refractivity contribution in [1.29, 1.82) is 0 Å². The van der Waals surface area contributed by atoms with Crippen LogP contribution in [0.15, 0.2) is 12.4 Å². The number of aromatic amines is 1. The molecule has 2 N–H and O–H groups in total. The Balaban J connectivity index is 2.56. The molecule has 0 aromatic carbocycles. The summed E-state index contributed by atoms with van der Waals surface area (Å²) in [5, 5.41) is 8.44. The number of carbonyl (C=O) groups is 1. The van der Waals surface area contributed by atoms with E-state index in [-0.39, 0.29) is 12.3 Å². The van der Waals surface area contributed by atoms with E-state index in [0.717, 1.165) is 5.82 Å². The van der Waals surface area contributed by atoms with Gasteiger partial charge in [-0.25, -0.2) is 4.98 Å². The predicted octanol–water partition coefficient (Wildman–Crippen LogP) is 0.988. The van der Waals surface area contributed by atoms with Gasteiger partial charge < -0.3 is 10.1 Å². The van der Waals surface area contributed by atoms with Crippen molar-refractivity contribution in [3.05, 3.63) is 18.2 Å². The summed E-state index contributed by atoms with van der Waals surface area (Å²) >= 11 is 0. The van der Waals surface area contributed by atoms with Crippen LogP contribution in [0.2, 0.25) is 0 Å². The van der Waals surface area contributed by atoms with Crippen LogP contribution >= 0.6 is 0 Å². The molecule has 4 heteroatoms. The first kappa shape index (κ1) is 7.78. The minimum Gasteiger partial charge on any atom is -0.481 e. The number of rotatable bonds is 3. The van der Waals surface area contributed by atoms with E-state index in [9.17, 15) is 4.79 Å². The van der Waals surface area contributed by atoms with Crippen LogP contribution in [0.3, 0.4) is 0 Å². The molecule has 1 unspecified atom stereocenters. The number of hydrogen-bond donors (Lipinski definition) is 2. The van der Waals surface area contributed by atoms with Crippen LogP contribution in [0, 0.1) is 0 Å². The number of aliphatic carboxylic acids is 1. The second-order valence-corrected chi connectivity index (χ2v) is 2.47. The van der Waals surface area contributed by atoms with E-state index in [0.29, 0.717) is 0 Å². The molecular weight excluding hydrogens is 144 g/mol. The van der Waals surface area contributed by atoms with Gasteiger partial charge in [-0.2, -0.15) is 0 Å². The zero-order valence-corrected chi connectivity index (χ0v) is 6.24. The van der Waals surface area contributed by atoms with E-state index in [1.54, 1.807) is 12.4 Å². The standard InChI is InChI=1S/C7H10N2O2/c1-5(4-6(10)11)7-8-2-3-9-7/h2-3,5H,4H2,1H3,(H,8,9)(H,10,11). The summed E-state index contributed by atoms with van der Waals surface area (Å²) in [5.74, 6) is -0.108. The van der Waals surface area contributed by atoms with Gasteiger partial charge in [-0.1, -0.05) is 6.92 Å². The van der Waals surface area contributed by atoms with Gasteiger partial charge >= 0.3 is 5.97 Å². The van der Waals surface area contributed by atoms with Crippen LogP contribution < -0.4 is 0 Å². The largest absolute Gasteiger partial charge is 0.481 e. The summed E-state index contributed by atoms with van der Waals surface area (Å²) in [5.41, 5.74) is 0. The first-order chi connectivity index (χ1) is 5.20. The van der Waals surface area contributed by atoms with E-state index < -0.39 is 5.97 Å². The third kappa shape index (κ3) is 2.07. The van der Waals surface area contributed by atoms with E-state index in [2.05, 4.69) is 9.97 Å². The molecule has 4 nitrogen and oxygen atoms in total. The van der Waals surface area contributed by atoms with E-state index in [1.807, 2.05) is 6.92 Å². The lowest BCUT2D eigenvalue weighted by Crippen LogP contribution is -2.04. The molecule has 1 aromatic rings. The van der Waals surface area contributed by atoms with Gasteiger partial charge in [0.15, 0.2) is 0 Å². The average Bonchev–Trinajstić information content (AvgIpc) is 2.35. The van der Waals surface area contributed by atoms with Gasteiger partial charge in [-0.3, -0.25) is 4.79 Å². The minimum absolute atomic E-state index is 0.0394. The number of imidazole rings is 1. The summed E-state index contributed by atoms with van der Waals surface area (Å²) in [6.45, 7) is 1.83. The van der Waals surface area contributed by atoms with Crippen molar-refractivity contribution in [2.75, 3.05) is 0 Å². The highest BCUT2D eigenvalue weighted by Gasteiger charge is 2.11. The number of nitrogens with zero attached hydrogens (tertiary/aromatic N) is 1. The maximum Gasteiger partial charge on any atom is 0.304 e. The SMILES string of the molecule is CC(CC(=O)O)c1ncc[nH]1. The Labute approximate surface area is 64.3 Å². The van der Waals surface area contributed by atoms with Crippen molar-refractivity contribution in [3.8, 4) is 0 Å². The second-order valence-electron chi connectivity index (χ2n) is 2.47. The number of carboxylic acid groups (broad SMARTS) is 1. The molecule has 0 radical (unpaired) electrons. The topological polar surface area (TPSA) is 66.0 Å². The quantitative estimate of drug-likeness (QED) is 0.682. The van der Waals surface area contributed by atoms with Crippen molar-refractivity contribution in [1.82, 2.24) is 9.97 Å². The molecule has 11 heavy (non-hydrogen) atoms. The van der Waals surface area contributed by atoms with Gasteiger partial charge in [-0.15, -0.1) is 0 Å². The Morgan fingerprint density at radius 3 is 3.09 bits per heavy atom. The van der Waals surface area contributed by atoms with Gasteiger partial charge in [0.25, 0.3) is 0 Å². The summed E-state index contributed by atoms with van der Waals surface area (Å²) in [6.07, 6.45) is 3.43. The highest BCUT2D eigenvalue weighted by Crippen LogP contribution is 2.13. The third-order valence-electron chi connectivity index (χ3n) is 1.47. The average molecular weight is 154 g/mol. The molecule has 0 bridgehead atoms. The van der Waals surface area contributed by atoms with Crippen LogP contribution in [-0.4, -0.2) is 21.0 Å². The number of H-pyrrole nitrogens is 1. The fourth-order valence-electron chi connectivity index (χ4n) is 0.906. The Morgan fingerprint density at radius 2 is 2.64 bits per heavy atom. The fourth-order valence-corrected chi connectivity index (χ4v) is 0.906. The Hall–Kier alpha value is -1.32. The predicted molar refractivity (Wildman–Crippen MR) is 39.3 cm³/mol. The Kier molecular flexibility index (Phi) is 2.25. The molecule has 0 saturated carbocycles. The molecular formula is C7H10N2O2. The van der Waals surface area contributed by atoms with E-state index in [4.69, 9.17) is 5.11 Å². The first-order valence-corrected chi connectivity index (χ1v) is 3.41. The molecule has 1 aromatic heterocycles. The maximum absolute atomic E-state index is 10.3. The molecule has 1 heterocycles. The van der Waals surface area contributed by atoms with Gasteiger partial charge in [-0.05, 0) is 0 Å². The van der Waals surface area contributed by atoms with Gasteiger partial charge in [0.2, 0.25) is 0 Å². The Morgan fingerprint density at radius 1 is 1.91 bits per heavy atom. The minimum atomic E-state index is -0.797. The lowest BCUT2D eigenvalue weighted by Gasteiger charge is -2.02. The molecule has 1 atom stereocenters. The molecule has 0 aliphatic carbocycles. The molecule has 60 valence electrons. The van der Waals surface area contributed by atoms with Crippen molar-refractivity contribution in [3.63, 3.8) is 0 Å². The van der Waals surface area contributed by atoms with Crippen LogP contribution in [-0.2, 0) is 4.79 Å². The van der Waals surface area contributed by atoms with Crippen molar-refractivity contribution in [2.45, 2.75) is 19.3 Å². The Bertz CT molecular complexity index is 231.